The zero-order valence-corrected chi connectivity index (χ0v) is 67.3. The zero-order valence-electron chi connectivity index (χ0n) is 64.0. The topological polar surface area (TPSA) is 537 Å². The van der Waals surface area contributed by atoms with E-state index in [1.807, 2.05) is 6.92 Å². The van der Waals surface area contributed by atoms with Gasteiger partial charge in [-0.25, -0.2) is 103 Å². The van der Waals surface area contributed by atoms with E-state index in [2.05, 4.69) is 40.9 Å². The molecule has 0 spiro atoms. The van der Waals surface area contributed by atoms with Crippen LogP contribution in [-0.4, -0.2) is 183 Å². The number of halogens is 4. The lowest BCUT2D eigenvalue weighted by Gasteiger charge is -2.36. The van der Waals surface area contributed by atoms with Crippen LogP contribution in [0, 0.1) is 33.4 Å². The number of aliphatic imine (C=N–C) groups is 5. The molecule has 5 aliphatic heterocycles. The van der Waals surface area contributed by atoms with E-state index in [1.54, 1.807) is 82.2 Å². The predicted octanol–water partition coefficient (Wildman–Crippen LogP) is 6.98. The number of carbonyl (C=O) groups is 4. The molecule has 5 aliphatic rings. The number of aliphatic carboxylic acids is 1. The second-order valence-electron chi connectivity index (χ2n) is 29.4. The molecule has 608 valence electrons. The Kier molecular flexibility index (Phi) is 26.8. The summed E-state index contributed by atoms with van der Waals surface area (Å²) in [6.45, 7) is 24.2. The van der Waals surface area contributed by atoms with Crippen molar-refractivity contribution in [2.24, 2.45) is 30.7 Å². The summed E-state index contributed by atoms with van der Waals surface area (Å²) < 4.78 is 177. The Bertz CT molecular complexity index is 4960. The highest BCUT2D eigenvalue weighted by Gasteiger charge is 2.48. The molecule has 0 unspecified atom stereocenters. The molecule has 4 atom stereocenters. The molecule has 4 aromatic rings. The molecule has 4 aromatic carbocycles. The molecule has 9 rings (SSSR count). The van der Waals surface area contributed by atoms with Gasteiger partial charge in [0.15, 0.2) is 0 Å². The Morgan fingerprint density at radius 3 is 1.20 bits per heavy atom. The minimum atomic E-state index is -4.02. The molecule has 0 fully saturated rings. The van der Waals surface area contributed by atoms with Crippen molar-refractivity contribution >= 4 is 128 Å². The summed E-state index contributed by atoms with van der Waals surface area (Å²) in [4.78, 5) is 77.0. The standard InChI is InChI=1S/C16H22FN5O6S.C16H24FN5O4S.C16H23FN4O4S.C15H19FN4O2S.C3H6O2/c1-15(2,3)28-14(23)19-13-20-16(4,8-29(26,27)21(13)5)9-6-11(18)12(22(24)25)7-10(9)17;1-15(2,3)26-14(23)20-13-21-16(4,8-27(24,25)22(13)5)9-6-11(18)12(19)7-10(9)17;1-15(2,3)25-14(22)19-13-20-16(4,9-26(23,24)21(13)5)11-8-10(18)6-7-12(11)17;1-4-10-5-9-6-11(12(16)7-13(9)18-10)15(2)8-23(21,22)20(3)14(17)19-15;1-2-3(4)5/h6-7H,8,18H2,1-5H3,(H,19,20,23);6-7H,8,18-19H2,1-5H3,(H,20,21,23);6-8H,9,18H2,1-5H3,(H,19,20,22);6-7H,4-5,8H2,1-3H3,(H2,17,19);2H2,1H3,(H,4,5)/t3*16-;15-;/m0000./s1. The third kappa shape index (κ3) is 22.4. The zero-order chi connectivity index (χ0) is 84.3. The normalized spacial score (nSPS) is 22.1. The molecular formula is C66H94F4N18O18S4. The van der Waals surface area contributed by atoms with Gasteiger partial charge in [-0.1, -0.05) is 13.8 Å². The molecular weight excluding hydrogens is 1540 g/mol. The van der Waals surface area contributed by atoms with Crippen molar-refractivity contribution in [2.75, 3.05) is 74.1 Å². The number of fused-ring (bicyclic) bond motifs is 1. The fourth-order valence-electron chi connectivity index (χ4n) is 10.8. The number of alkyl carbamates (subject to hydrolysis) is 3. The molecule has 0 bridgehead atoms. The van der Waals surface area contributed by atoms with Gasteiger partial charge in [0, 0.05) is 80.8 Å². The number of carboxylic acids is 1. The number of ether oxygens (including phenoxy) is 3. The van der Waals surface area contributed by atoms with Crippen LogP contribution in [-0.2, 0) is 87.7 Å². The van der Waals surface area contributed by atoms with Crippen LogP contribution in [0.15, 0.2) is 79.6 Å². The molecule has 110 heavy (non-hydrogen) atoms. The van der Waals surface area contributed by atoms with E-state index in [9.17, 15) is 80.5 Å². The van der Waals surface area contributed by atoms with Crippen LogP contribution >= 0.6 is 0 Å². The number of rotatable bonds is 7. The summed E-state index contributed by atoms with van der Waals surface area (Å²) in [5, 5.41) is 25.5. The highest BCUT2D eigenvalue weighted by atomic mass is 32.2. The highest BCUT2D eigenvalue weighted by Crippen LogP contribution is 2.42. The number of guanidine groups is 4. The largest absolute Gasteiger partial charge is 0.481 e. The van der Waals surface area contributed by atoms with Gasteiger partial charge < -0.3 is 48.0 Å². The van der Waals surface area contributed by atoms with Gasteiger partial charge in [0.2, 0.25) is 63.9 Å². The minimum absolute atomic E-state index is 0.0256. The number of nitro groups is 1. The Morgan fingerprint density at radius 1 is 0.518 bits per heavy atom. The Hall–Kier alpha value is -10.4. The highest BCUT2D eigenvalue weighted by molar-refractivity contribution is 7.90. The van der Waals surface area contributed by atoms with Crippen molar-refractivity contribution in [3.8, 4) is 0 Å². The summed E-state index contributed by atoms with van der Waals surface area (Å²) in [6.07, 6.45) is -1.03. The first-order chi connectivity index (χ1) is 49.9. The minimum Gasteiger partial charge on any atom is -0.481 e. The number of nitrogens with one attached hydrogen (secondary N) is 3. The van der Waals surface area contributed by atoms with Gasteiger partial charge in [0.05, 0.1) is 51.1 Å². The molecule has 3 amide bonds. The maximum absolute atomic E-state index is 14.6. The van der Waals surface area contributed by atoms with Crippen molar-refractivity contribution in [3.63, 3.8) is 0 Å². The van der Waals surface area contributed by atoms with Crippen LogP contribution in [0.1, 0.15) is 145 Å². The lowest BCUT2D eigenvalue weighted by atomic mass is 9.91. The summed E-state index contributed by atoms with van der Waals surface area (Å²) in [5.41, 5.74) is 21.9. The van der Waals surface area contributed by atoms with Crippen LogP contribution < -0.4 is 44.6 Å². The number of anilines is 4. The second kappa shape index (κ2) is 32.7. The van der Waals surface area contributed by atoms with Crippen molar-refractivity contribution in [2.45, 2.75) is 162 Å². The van der Waals surface area contributed by atoms with Crippen LogP contribution in [0.25, 0.3) is 0 Å². The van der Waals surface area contributed by atoms with Gasteiger partial charge >= 0.3 is 24.2 Å². The number of nitrogens with zero attached hydrogens (tertiary/aromatic N) is 10. The SMILES string of the molecule is CCC(=O)O.CCC1=Nc2cc(F)c([C@]3(C)CS(=O)(=O)N(C)C(N)=N3)cc2C1.CN1C(NC(=O)OC(C)(C)C)=N[C@](C)(c2cc(N)c(N)cc2F)CS1(=O)=O.CN1C(NC(=O)OC(C)(C)C)=N[C@](C)(c2cc(N)c([N+](=O)[O-])cc2F)CS1(=O)=O.CN1C(NC(=O)OC(C)(C)C)=N[C@](C)(c2cc(N)ccc2F)CS1(=O)=O. The van der Waals surface area contributed by atoms with Crippen molar-refractivity contribution < 1.29 is 94.7 Å². The van der Waals surface area contributed by atoms with E-state index in [-0.39, 0.29) is 81.0 Å². The number of amides is 3. The van der Waals surface area contributed by atoms with E-state index in [0.29, 0.717) is 18.2 Å². The number of hydrogen-bond acceptors (Lipinski definition) is 27. The van der Waals surface area contributed by atoms with E-state index >= 15 is 0 Å². The van der Waals surface area contributed by atoms with Crippen LogP contribution in [0.4, 0.5) is 66.1 Å². The van der Waals surface area contributed by atoms with Crippen LogP contribution in [0.5, 0.6) is 0 Å². The molecule has 0 saturated carbocycles. The van der Waals surface area contributed by atoms with Gasteiger partial charge in [-0.05, 0) is 144 Å². The number of hydrogen-bond donors (Lipinski definition) is 9. The fraction of sp³-hybridized carbons (Fsp3) is 0.500. The van der Waals surface area contributed by atoms with Crippen LogP contribution in [0.3, 0.4) is 0 Å². The molecule has 44 heteroatoms. The first-order valence-electron chi connectivity index (χ1n) is 33.1. The van der Waals surface area contributed by atoms with E-state index in [0.717, 1.165) is 53.1 Å². The Labute approximate surface area is 635 Å². The van der Waals surface area contributed by atoms with E-state index in [1.165, 1.54) is 73.2 Å². The quantitative estimate of drug-likeness (QED) is 0.0296. The van der Waals surface area contributed by atoms with Gasteiger partial charge in [0.1, 0.15) is 67.9 Å². The molecule has 5 heterocycles. The third-order valence-corrected chi connectivity index (χ3v) is 24.1. The monoisotopic (exact) mass is 1630 g/mol. The number of carbonyl (C=O) groups excluding carboxylic acids is 3. The molecule has 14 N–H and O–H groups in total. The third-order valence-electron chi connectivity index (χ3n) is 16.3. The van der Waals surface area contributed by atoms with Gasteiger partial charge in [0.25, 0.3) is 5.69 Å². The summed E-state index contributed by atoms with van der Waals surface area (Å²) in [6, 6.07) is 10.7. The summed E-state index contributed by atoms with van der Waals surface area (Å²) >= 11 is 0. The smallest absolute Gasteiger partial charge is 0.414 e. The second-order valence-corrected chi connectivity index (χ2v) is 37.4. The number of benzene rings is 4. The lowest BCUT2D eigenvalue weighted by Crippen LogP contribution is -2.54. The van der Waals surface area contributed by atoms with Gasteiger partial charge in [-0.2, -0.15) is 0 Å². The van der Waals surface area contributed by atoms with Gasteiger partial charge in [-0.3, -0.25) is 35.9 Å². The van der Waals surface area contributed by atoms with E-state index in [4.69, 9.17) is 48.0 Å². The number of carboxylic acid groups (broad SMARTS) is 1. The average molecular weight is 1630 g/mol. The first kappa shape index (κ1) is 90.2. The first-order valence-corrected chi connectivity index (χ1v) is 39.6. The summed E-state index contributed by atoms with van der Waals surface area (Å²) in [7, 11) is -10.4. The van der Waals surface area contributed by atoms with Gasteiger partial charge in [-0.15, -0.1) is 0 Å². The number of nitrogen functional groups attached to an aromatic ring is 4. The number of nitro benzene ring substituents is 1. The maximum atomic E-state index is 14.6. The maximum Gasteiger partial charge on any atom is 0.414 e. The van der Waals surface area contributed by atoms with Crippen molar-refractivity contribution in [3.05, 3.63) is 116 Å². The Balaban J connectivity index is 0.000000257. The molecule has 0 aliphatic carbocycles. The molecule has 0 saturated heterocycles. The van der Waals surface area contributed by atoms with Crippen molar-refractivity contribution in [1.29, 1.82) is 0 Å². The predicted molar refractivity (Wildman–Crippen MR) is 407 cm³/mol. The molecule has 0 radical (unpaired) electrons. The van der Waals surface area contributed by atoms with Crippen molar-refractivity contribution in [1.82, 2.24) is 33.2 Å². The average Bonchev–Trinajstić information content (AvgIpc) is 0.832. The van der Waals surface area contributed by atoms with E-state index < -0.39 is 154 Å². The number of sulfonamides is 4. The summed E-state index contributed by atoms with van der Waals surface area (Å²) in [5.74, 6) is -6.71. The Morgan fingerprint density at radius 2 is 0.845 bits per heavy atom. The molecule has 0 aromatic heterocycles. The van der Waals surface area contributed by atoms with Crippen LogP contribution in [0.2, 0.25) is 0 Å². The fourth-order valence-corrected chi connectivity index (χ4v) is 16.7. The number of nitrogens with two attached hydrogens (primary N) is 5. The lowest BCUT2D eigenvalue weighted by molar-refractivity contribution is -0.384. The molecule has 36 nitrogen and oxygen atoms in total.